The Morgan fingerprint density at radius 2 is 1.64 bits per heavy atom. The lowest BCUT2D eigenvalue weighted by Crippen LogP contribution is -2.66. The van der Waals surface area contributed by atoms with Crippen molar-refractivity contribution in [2.75, 3.05) is 0 Å². The summed E-state index contributed by atoms with van der Waals surface area (Å²) in [4.78, 5) is 28.2. The highest BCUT2D eigenvalue weighted by atomic mass is 16.2. The molecule has 2 saturated carbocycles. The van der Waals surface area contributed by atoms with E-state index in [-0.39, 0.29) is 51.2 Å². The Labute approximate surface area is 192 Å². The summed E-state index contributed by atoms with van der Waals surface area (Å²) in [5.41, 5.74) is 1.75. The molecule has 2 aliphatic heterocycles. The van der Waals surface area contributed by atoms with Gasteiger partial charge in [-0.3, -0.25) is 0 Å². The average molecular weight is 440 g/mol. The van der Waals surface area contributed by atoms with E-state index < -0.39 is 0 Å². The first-order valence-electron chi connectivity index (χ1n) is 12.4. The molecule has 0 N–H and O–H groups in total. The van der Waals surface area contributed by atoms with Crippen LogP contribution in [0.4, 0.5) is 0 Å². The molecule has 1 aromatic heterocycles. The van der Waals surface area contributed by atoms with Gasteiger partial charge in [-0.2, -0.15) is 0 Å². The largest absolute Gasteiger partial charge is 0.348 e. The Morgan fingerprint density at radius 1 is 0.909 bits per heavy atom. The van der Waals surface area contributed by atoms with Gasteiger partial charge in [-0.1, -0.05) is 81.5 Å². The first kappa shape index (κ1) is 18.6. The molecule has 5 heteroatoms. The van der Waals surface area contributed by atoms with Crippen LogP contribution >= 0.6 is 0 Å². The second-order valence-electron chi connectivity index (χ2n) is 12.1. The van der Waals surface area contributed by atoms with Crippen LogP contribution in [0.2, 0.25) is 0 Å². The molecular formula is C28H29N3O2. The maximum Gasteiger partial charge on any atom is 0.348 e. The molecule has 5 aliphatic carbocycles. The summed E-state index contributed by atoms with van der Waals surface area (Å²) in [6.45, 7) is 6.99. The molecule has 7 aliphatic rings. The Morgan fingerprint density at radius 3 is 2.30 bits per heavy atom. The third kappa shape index (κ3) is 1.60. The Kier molecular flexibility index (Phi) is 2.89. The third-order valence-electron chi connectivity index (χ3n) is 11.3. The molecule has 168 valence electrons. The summed E-state index contributed by atoms with van der Waals surface area (Å²) >= 11 is 0. The van der Waals surface area contributed by atoms with Crippen LogP contribution in [0, 0.1) is 22.2 Å². The lowest BCUT2D eigenvalue weighted by Gasteiger charge is -2.65. The van der Waals surface area contributed by atoms with Gasteiger partial charge in [0.05, 0.1) is 17.5 Å². The quantitative estimate of drug-likeness (QED) is 0.619. The van der Waals surface area contributed by atoms with E-state index in [9.17, 15) is 9.59 Å². The van der Waals surface area contributed by atoms with Gasteiger partial charge in [0.1, 0.15) is 0 Å². The number of hydrogen-bond acceptors (Lipinski definition) is 2. The molecular weight excluding hydrogens is 410 g/mol. The summed E-state index contributed by atoms with van der Waals surface area (Å²) < 4.78 is 5.27. The van der Waals surface area contributed by atoms with Gasteiger partial charge in [-0.15, -0.1) is 0 Å². The Balaban J connectivity index is 1.39. The molecule has 0 spiro atoms. The van der Waals surface area contributed by atoms with E-state index in [0.29, 0.717) is 5.92 Å². The van der Waals surface area contributed by atoms with Crippen molar-refractivity contribution in [2.45, 2.75) is 63.6 Å². The van der Waals surface area contributed by atoms with Gasteiger partial charge >= 0.3 is 11.4 Å². The fourth-order valence-corrected chi connectivity index (χ4v) is 9.07. The van der Waals surface area contributed by atoms with Crippen LogP contribution in [-0.2, 0) is 5.41 Å². The highest BCUT2D eigenvalue weighted by Gasteiger charge is 2.69. The van der Waals surface area contributed by atoms with Gasteiger partial charge < -0.3 is 0 Å². The fraction of sp³-hybridized carbons (Fsp3) is 0.500. The zero-order valence-corrected chi connectivity index (χ0v) is 19.4. The van der Waals surface area contributed by atoms with Crippen molar-refractivity contribution in [3.63, 3.8) is 0 Å². The molecule has 2 aromatic rings. The molecule has 2 fully saturated rings. The third-order valence-corrected chi connectivity index (χ3v) is 11.3. The molecule has 33 heavy (non-hydrogen) atoms. The minimum Gasteiger partial charge on any atom is -0.246 e. The SMILES string of the molecule is CC1(C)C2CCC1(C)C(n1c(=O)n3n(c1=O)C1C=CC3C34C=Cc5ccccc5C13C=C4)C2. The Hall–Kier alpha value is -2.82. The zero-order chi connectivity index (χ0) is 22.5. The van der Waals surface area contributed by atoms with E-state index in [2.05, 4.69) is 81.5 Å². The molecule has 1 aromatic carbocycles. The van der Waals surface area contributed by atoms with E-state index in [1.54, 1.807) is 9.25 Å². The van der Waals surface area contributed by atoms with Crippen LogP contribution < -0.4 is 11.4 Å². The number of aromatic nitrogens is 3. The minimum absolute atomic E-state index is 0.0262. The first-order chi connectivity index (χ1) is 15.8. The highest BCUT2D eigenvalue weighted by molar-refractivity contribution is 5.70. The van der Waals surface area contributed by atoms with Gasteiger partial charge in [-0.25, -0.2) is 23.5 Å². The predicted molar refractivity (Wildman–Crippen MR) is 127 cm³/mol. The van der Waals surface area contributed by atoms with Crippen LogP contribution in [-0.4, -0.2) is 13.9 Å². The fourth-order valence-electron chi connectivity index (χ4n) is 9.07. The summed E-state index contributed by atoms with van der Waals surface area (Å²) in [5.74, 6) is 0.572. The topological polar surface area (TPSA) is 48.9 Å². The maximum absolute atomic E-state index is 14.1. The average Bonchev–Trinajstić information content (AvgIpc) is 3.26. The normalized spacial score (nSPS) is 43.7. The second kappa shape index (κ2) is 5.13. The van der Waals surface area contributed by atoms with Gasteiger partial charge in [0.2, 0.25) is 0 Å². The predicted octanol–water partition coefficient (Wildman–Crippen LogP) is 4.39. The van der Waals surface area contributed by atoms with Crippen molar-refractivity contribution >= 4 is 6.08 Å². The molecule has 7 atom stereocenters. The van der Waals surface area contributed by atoms with Crippen LogP contribution in [0.5, 0.6) is 0 Å². The lowest BCUT2D eigenvalue weighted by molar-refractivity contribution is 0.0438. The monoisotopic (exact) mass is 439 g/mol. The second-order valence-corrected chi connectivity index (χ2v) is 12.1. The summed E-state index contributed by atoms with van der Waals surface area (Å²) in [7, 11) is 0. The molecule has 4 bridgehead atoms. The van der Waals surface area contributed by atoms with E-state index in [1.807, 2.05) is 4.68 Å². The van der Waals surface area contributed by atoms with Crippen molar-refractivity contribution in [2.24, 2.45) is 22.2 Å². The number of fused-ring (bicyclic) bond motifs is 3. The number of allylic oxidation sites excluding steroid dienone is 5. The van der Waals surface area contributed by atoms with E-state index in [0.717, 1.165) is 12.8 Å². The molecule has 0 saturated heterocycles. The molecule has 0 amide bonds. The van der Waals surface area contributed by atoms with E-state index >= 15 is 0 Å². The molecule has 3 heterocycles. The summed E-state index contributed by atoms with van der Waals surface area (Å²) in [5, 5.41) is 0. The van der Waals surface area contributed by atoms with Gasteiger partial charge in [-0.05, 0) is 47.1 Å². The van der Waals surface area contributed by atoms with Crippen LogP contribution in [0.25, 0.3) is 6.08 Å². The van der Waals surface area contributed by atoms with Crippen molar-refractivity contribution in [3.8, 4) is 0 Å². The first-order valence-corrected chi connectivity index (χ1v) is 12.4. The zero-order valence-electron chi connectivity index (χ0n) is 19.4. The molecule has 9 rings (SSSR count). The van der Waals surface area contributed by atoms with E-state index in [1.165, 1.54) is 17.5 Å². The minimum atomic E-state index is -0.307. The number of benzene rings is 1. The maximum atomic E-state index is 14.1. The van der Waals surface area contributed by atoms with Gasteiger partial charge in [0.15, 0.2) is 0 Å². The van der Waals surface area contributed by atoms with Crippen molar-refractivity contribution in [3.05, 3.63) is 86.7 Å². The smallest absolute Gasteiger partial charge is 0.246 e. The lowest BCUT2D eigenvalue weighted by atomic mass is 9.42. The highest BCUT2D eigenvalue weighted by Crippen LogP contribution is 2.71. The van der Waals surface area contributed by atoms with Crippen LogP contribution in [0.15, 0.2) is 64.2 Å². The number of rotatable bonds is 1. The number of hydrogen-bond donors (Lipinski definition) is 0. The van der Waals surface area contributed by atoms with Gasteiger partial charge in [0, 0.05) is 11.5 Å². The van der Waals surface area contributed by atoms with E-state index in [4.69, 9.17) is 0 Å². The Bertz CT molecular complexity index is 1480. The van der Waals surface area contributed by atoms with Crippen molar-refractivity contribution in [1.29, 1.82) is 0 Å². The standard InChI is InChI=1S/C28H29N3O2/c1-25(2)18-11-12-26(25,3)22(16-18)29-23(32)30-20-8-9-21(31(30)24(29)33)28-15-14-27(20,28)13-10-17-6-4-5-7-19(17)28/h4-10,13-15,18,20-22H,11-12,16H2,1-3H3. The van der Waals surface area contributed by atoms with Crippen LogP contribution in [0.3, 0.4) is 0 Å². The van der Waals surface area contributed by atoms with Crippen LogP contribution in [0.1, 0.15) is 69.3 Å². The molecule has 7 unspecified atom stereocenters. The van der Waals surface area contributed by atoms with Crippen molar-refractivity contribution in [1.82, 2.24) is 13.9 Å². The molecule has 5 nitrogen and oxygen atoms in total. The molecule has 0 radical (unpaired) electrons. The van der Waals surface area contributed by atoms with Gasteiger partial charge in [0.25, 0.3) is 0 Å². The number of nitrogens with zero attached hydrogens (tertiary/aromatic N) is 3. The van der Waals surface area contributed by atoms with Crippen molar-refractivity contribution < 1.29 is 0 Å². The summed E-state index contributed by atoms with van der Waals surface area (Å²) in [6.07, 6.45) is 16.6. The summed E-state index contributed by atoms with van der Waals surface area (Å²) in [6, 6.07) is 8.12.